The van der Waals surface area contributed by atoms with Gasteiger partial charge in [0.25, 0.3) is 0 Å². The molecular weight excluding hydrogens is 197 g/mol. The fourth-order valence-electron chi connectivity index (χ4n) is 1.39. The summed E-state index contributed by atoms with van der Waals surface area (Å²) in [7, 11) is 0. The molecule has 2 rings (SSSR count). The number of hydrogen-bond acceptors (Lipinski definition) is 2. The summed E-state index contributed by atoms with van der Waals surface area (Å²) in [6, 6.07) is 6.92. The number of thioether (sulfide) groups is 1. The van der Waals surface area contributed by atoms with Crippen LogP contribution in [0.3, 0.4) is 0 Å². The monoisotopic (exact) mass is 208 g/mol. The zero-order valence-electron chi connectivity index (χ0n) is 7.74. The molecule has 73 valence electrons. The van der Waals surface area contributed by atoms with Crippen molar-refractivity contribution in [1.82, 2.24) is 0 Å². The van der Waals surface area contributed by atoms with E-state index in [1.807, 2.05) is 18.7 Å². The molecule has 0 fully saturated rings. The molecule has 0 atom stereocenters. The van der Waals surface area contributed by atoms with Crippen molar-refractivity contribution in [3.63, 3.8) is 0 Å². The van der Waals surface area contributed by atoms with E-state index in [0.29, 0.717) is 0 Å². The second-order valence-electron chi connectivity index (χ2n) is 3.11. The third-order valence-electron chi connectivity index (χ3n) is 2.13. The molecule has 1 aliphatic heterocycles. The Kier molecular flexibility index (Phi) is 3.19. The molecule has 1 heterocycles. The van der Waals surface area contributed by atoms with Crippen LogP contribution in [-0.2, 0) is 6.42 Å². The van der Waals surface area contributed by atoms with Crippen molar-refractivity contribution in [2.24, 2.45) is 4.99 Å². The van der Waals surface area contributed by atoms with Crippen molar-refractivity contribution in [3.05, 3.63) is 42.2 Å². The summed E-state index contributed by atoms with van der Waals surface area (Å²) in [4.78, 5) is 4.21. The van der Waals surface area contributed by atoms with E-state index >= 15 is 0 Å². The van der Waals surface area contributed by atoms with Crippen LogP contribution in [0.1, 0.15) is 12.0 Å². The molecule has 1 aliphatic rings. The molecule has 0 spiro atoms. The van der Waals surface area contributed by atoms with Gasteiger partial charge >= 0.3 is 0 Å². The van der Waals surface area contributed by atoms with Crippen LogP contribution in [0.2, 0.25) is 0 Å². The van der Waals surface area contributed by atoms with Crippen LogP contribution >= 0.6 is 11.8 Å². The molecule has 1 aromatic carbocycles. The van der Waals surface area contributed by atoms with E-state index in [1.165, 1.54) is 6.07 Å². The molecule has 14 heavy (non-hydrogen) atoms. The Labute approximate surface area is 87.4 Å². The first-order valence-electron chi connectivity index (χ1n) is 4.61. The first-order valence-corrected chi connectivity index (χ1v) is 5.59. The number of nitrogens with zero attached hydrogens (tertiary/aromatic N) is 1. The number of hydrogen-bond donors (Lipinski definition) is 0. The molecule has 0 unspecified atom stereocenters. The van der Waals surface area contributed by atoms with Crippen LogP contribution in [0.5, 0.6) is 0 Å². The van der Waals surface area contributed by atoms with Gasteiger partial charge in [0, 0.05) is 5.75 Å². The van der Waals surface area contributed by atoms with Gasteiger partial charge in [-0.15, -0.1) is 11.8 Å². The van der Waals surface area contributed by atoms with E-state index < -0.39 is 0 Å². The predicted molar refractivity (Wildman–Crippen MR) is 58.9 cm³/mol. The van der Waals surface area contributed by atoms with Crippen molar-refractivity contribution in [2.45, 2.75) is 12.8 Å². The molecule has 0 aromatic heterocycles. The van der Waals surface area contributed by atoms with E-state index in [1.54, 1.807) is 17.8 Å². The highest BCUT2D eigenvalue weighted by molar-refractivity contribution is 8.14. The zero-order chi connectivity index (χ0) is 9.80. The van der Waals surface area contributed by atoms with Crippen LogP contribution in [0.25, 0.3) is 0 Å². The van der Waals surface area contributed by atoms with Gasteiger partial charge < -0.3 is 0 Å². The van der Waals surface area contributed by atoms with E-state index in [-0.39, 0.29) is 5.82 Å². The summed E-state index contributed by atoms with van der Waals surface area (Å²) in [6.45, 7) is 1.90. The summed E-state index contributed by atoms with van der Waals surface area (Å²) >= 11 is 1.74. The molecular formula is C11H11FNS. The van der Waals surface area contributed by atoms with Gasteiger partial charge in [-0.25, -0.2) is 4.39 Å². The predicted octanol–water partition coefficient (Wildman–Crippen LogP) is 3.07. The second-order valence-corrected chi connectivity index (χ2v) is 4.20. The first-order chi connectivity index (χ1) is 6.86. The van der Waals surface area contributed by atoms with Crippen LogP contribution < -0.4 is 0 Å². The molecule has 1 radical (unpaired) electrons. The Morgan fingerprint density at radius 3 is 2.86 bits per heavy atom. The van der Waals surface area contributed by atoms with Crippen LogP contribution in [0.15, 0.2) is 29.3 Å². The van der Waals surface area contributed by atoms with E-state index in [9.17, 15) is 4.39 Å². The van der Waals surface area contributed by atoms with E-state index in [0.717, 1.165) is 29.2 Å². The highest BCUT2D eigenvalue weighted by Crippen LogP contribution is 2.19. The molecule has 0 amide bonds. The smallest absolute Gasteiger partial charge is 0.126 e. The molecule has 0 aliphatic carbocycles. The number of benzene rings is 1. The van der Waals surface area contributed by atoms with Gasteiger partial charge in [-0.2, -0.15) is 0 Å². The third-order valence-corrected chi connectivity index (χ3v) is 3.08. The van der Waals surface area contributed by atoms with Gasteiger partial charge in [-0.1, -0.05) is 18.2 Å². The maximum Gasteiger partial charge on any atom is 0.126 e. The topological polar surface area (TPSA) is 12.4 Å². The SMILES string of the molecule is Fc1ccccc1CCC1=N[CH]CS1. The first kappa shape index (κ1) is 9.71. The summed E-state index contributed by atoms with van der Waals surface area (Å²) in [6.07, 6.45) is 1.59. The van der Waals surface area contributed by atoms with Crippen LogP contribution in [0, 0.1) is 12.4 Å². The van der Waals surface area contributed by atoms with E-state index in [2.05, 4.69) is 4.99 Å². The Morgan fingerprint density at radius 2 is 2.14 bits per heavy atom. The van der Waals surface area contributed by atoms with Gasteiger partial charge in [0.2, 0.25) is 0 Å². The number of aliphatic imine (C=N–C) groups is 1. The van der Waals surface area contributed by atoms with Crippen molar-refractivity contribution in [2.75, 3.05) is 5.75 Å². The minimum absolute atomic E-state index is 0.111. The lowest BCUT2D eigenvalue weighted by Crippen LogP contribution is -1.95. The fourth-order valence-corrected chi connectivity index (χ4v) is 2.13. The number of halogens is 1. The van der Waals surface area contributed by atoms with E-state index in [4.69, 9.17) is 0 Å². The largest absolute Gasteiger partial charge is 0.276 e. The summed E-state index contributed by atoms with van der Waals surface area (Å²) in [5.74, 6) is 0.854. The molecule has 1 aromatic rings. The van der Waals surface area contributed by atoms with Gasteiger partial charge in [-0.05, 0) is 24.5 Å². The van der Waals surface area contributed by atoms with Crippen LogP contribution in [-0.4, -0.2) is 10.8 Å². The molecule has 0 saturated heterocycles. The molecule has 0 saturated carbocycles. The summed E-state index contributed by atoms with van der Waals surface area (Å²) < 4.78 is 13.2. The normalized spacial score (nSPS) is 15.6. The second kappa shape index (κ2) is 4.60. The van der Waals surface area contributed by atoms with Gasteiger partial charge in [-0.3, -0.25) is 4.99 Å². The average Bonchev–Trinajstić information content (AvgIpc) is 2.69. The van der Waals surface area contributed by atoms with Crippen molar-refractivity contribution in [1.29, 1.82) is 0 Å². The van der Waals surface area contributed by atoms with Crippen LogP contribution in [0.4, 0.5) is 4.39 Å². The summed E-state index contributed by atoms with van der Waals surface area (Å²) in [5.41, 5.74) is 0.780. The Balaban J connectivity index is 1.94. The lowest BCUT2D eigenvalue weighted by atomic mass is 10.1. The molecule has 0 bridgehead atoms. The zero-order valence-corrected chi connectivity index (χ0v) is 8.56. The molecule has 1 nitrogen and oxygen atoms in total. The summed E-state index contributed by atoms with van der Waals surface area (Å²) in [5, 5.41) is 1.12. The Hall–Kier alpha value is -0.830. The van der Waals surface area contributed by atoms with Gasteiger partial charge in [0.15, 0.2) is 0 Å². The lowest BCUT2D eigenvalue weighted by Gasteiger charge is -2.01. The quantitative estimate of drug-likeness (QED) is 0.743. The third kappa shape index (κ3) is 2.35. The van der Waals surface area contributed by atoms with Gasteiger partial charge in [0.05, 0.1) is 11.6 Å². The Bertz CT molecular complexity index is 349. The average molecular weight is 208 g/mol. The standard InChI is InChI=1S/C11H11FNS/c12-10-4-2-1-3-9(10)5-6-11-13-7-8-14-11/h1-4,7H,5-6,8H2. The molecule has 3 heteroatoms. The van der Waals surface area contributed by atoms with Crippen molar-refractivity contribution < 1.29 is 4.39 Å². The lowest BCUT2D eigenvalue weighted by molar-refractivity contribution is 0.610. The Morgan fingerprint density at radius 1 is 1.29 bits per heavy atom. The molecule has 0 N–H and O–H groups in total. The van der Waals surface area contributed by atoms with Crippen molar-refractivity contribution in [3.8, 4) is 0 Å². The van der Waals surface area contributed by atoms with Gasteiger partial charge in [0.1, 0.15) is 5.82 Å². The number of rotatable bonds is 3. The highest BCUT2D eigenvalue weighted by Gasteiger charge is 2.08. The fraction of sp³-hybridized carbons (Fsp3) is 0.273. The minimum Gasteiger partial charge on any atom is -0.276 e. The maximum absolute atomic E-state index is 13.2. The minimum atomic E-state index is -0.111. The highest BCUT2D eigenvalue weighted by atomic mass is 32.2. The number of aryl methyl sites for hydroxylation is 1. The maximum atomic E-state index is 13.2. The van der Waals surface area contributed by atoms with Crippen molar-refractivity contribution >= 4 is 16.8 Å².